The molecule has 2 aliphatic heterocycles. The molecule has 0 aliphatic carbocycles. The molecule has 0 radical (unpaired) electrons. The number of aromatic nitrogens is 1. The summed E-state index contributed by atoms with van der Waals surface area (Å²) in [5.41, 5.74) is 5.72. The molecule has 6 rings (SSSR count). The molecule has 2 fully saturated rings. The summed E-state index contributed by atoms with van der Waals surface area (Å²) >= 11 is 0. The molecule has 1 amide bonds. The number of pyridine rings is 1. The highest BCUT2D eigenvalue weighted by Gasteiger charge is 2.28. The summed E-state index contributed by atoms with van der Waals surface area (Å²) in [6, 6.07) is 14.6. The number of hydrogen-bond donors (Lipinski definition) is 2. The van der Waals surface area contributed by atoms with Gasteiger partial charge in [-0.25, -0.2) is 4.85 Å². The summed E-state index contributed by atoms with van der Waals surface area (Å²) in [5.74, 6) is 1.01. The Balaban J connectivity index is 1.25. The second kappa shape index (κ2) is 11.9. The van der Waals surface area contributed by atoms with Crippen LogP contribution in [-0.2, 0) is 4.74 Å². The number of carbonyl (C=O) groups excluding carboxylic acids is 1. The molecule has 2 aromatic carbocycles. The Morgan fingerprint density at radius 3 is 2.74 bits per heavy atom. The highest BCUT2D eigenvalue weighted by atomic mass is 16.5. The summed E-state index contributed by atoms with van der Waals surface area (Å²) in [6.07, 6.45) is 3.49. The zero-order valence-corrected chi connectivity index (χ0v) is 23.8. The van der Waals surface area contributed by atoms with Gasteiger partial charge in [0.2, 0.25) is 5.69 Å². The Morgan fingerprint density at radius 2 is 1.95 bits per heavy atom. The monoisotopic (exact) mass is 566 g/mol. The first-order valence-corrected chi connectivity index (χ1v) is 14.3. The number of aliphatic hydroxyl groups excluding tert-OH is 1. The van der Waals surface area contributed by atoms with Crippen LogP contribution in [0.5, 0.6) is 5.75 Å². The third-order valence-corrected chi connectivity index (χ3v) is 8.11. The quantitative estimate of drug-likeness (QED) is 0.303. The molecular formula is C33H34N4O5. The number of aliphatic hydroxyl groups is 1. The molecule has 216 valence electrons. The molecule has 9 nitrogen and oxygen atoms in total. The van der Waals surface area contributed by atoms with Crippen molar-refractivity contribution in [3.05, 3.63) is 77.3 Å². The van der Waals surface area contributed by atoms with Crippen molar-refractivity contribution in [3.63, 3.8) is 0 Å². The first-order chi connectivity index (χ1) is 20.4. The van der Waals surface area contributed by atoms with Crippen LogP contribution in [0.4, 0.5) is 5.69 Å². The van der Waals surface area contributed by atoms with E-state index < -0.39 is 6.10 Å². The maximum atomic E-state index is 13.0. The first-order valence-electron chi connectivity index (χ1n) is 14.3. The van der Waals surface area contributed by atoms with E-state index in [0.29, 0.717) is 60.0 Å². The first kappa shape index (κ1) is 27.9. The molecule has 0 saturated carbocycles. The zero-order valence-electron chi connectivity index (χ0n) is 23.8. The van der Waals surface area contributed by atoms with Crippen LogP contribution in [-0.4, -0.2) is 72.5 Å². The summed E-state index contributed by atoms with van der Waals surface area (Å²) < 4.78 is 17.9. The number of likely N-dealkylation sites (N-methyl/N-ethyl adjacent to an activating group) is 1. The Kier molecular flexibility index (Phi) is 7.94. The normalized spacial score (nSPS) is 19.9. The second-order valence-electron chi connectivity index (χ2n) is 11.1. The molecular weight excluding hydrogens is 532 g/mol. The maximum absolute atomic E-state index is 13.0. The van der Waals surface area contributed by atoms with E-state index in [1.54, 1.807) is 12.3 Å². The minimum absolute atomic E-state index is 0.0478. The van der Waals surface area contributed by atoms with Crippen molar-refractivity contribution in [3.8, 4) is 28.2 Å². The van der Waals surface area contributed by atoms with Gasteiger partial charge in [-0.05, 0) is 61.9 Å². The van der Waals surface area contributed by atoms with E-state index in [1.807, 2.05) is 56.4 Å². The van der Waals surface area contributed by atoms with Crippen LogP contribution < -0.4 is 10.1 Å². The van der Waals surface area contributed by atoms with E-state index in [-0.39, 0.29) is 18.1 Å². The third-order valence-electron chi connectivity index (χ3n) is 8.11. The molecule has 0 spiro atoms. The molecule has 9 heteroatoms. The lowest BCUT2D eigenvalue weighted by atomic mass is 10.0. The van der Waals surface area contributed by atoms with Crippen LogP contribution in [0, 0.1) is 13.5 Å². The number of ether oxygens (including phenoxy) is 2. The number of nitrogens with zero attached hydrogens (tertiary/aromatic N) is 3. The standard InChI is InChI=1S/C33H34N4O5/c1-20-16-22(33(39)36-28-19-37(3)13-9-29(28)38)4-6-24(20)31-18-27-32(42-31)25(8-12-35-27)21-5-7-30(26(17-21)34-2)41-23-10-14-40-15-11-23/h4-8,12,16-18,23,28-29,38H,9-11,13-15,19H2,1,3H3,(H,36,39). The van der Waals surface area contributed by atoms with E-state index in [0.717, 1.165) is 41.6 Å². The van der Waals surface area contributed by atoms with Crippen LogP contribution in [0.25, 0.3) is 38.4 Å². The Labute approximate surface area is 244 Å². The molecule has 4 aromatic rings. The molecule has 2 atom stereocenters. The van der Waals surface area contributed by atoms with Gasteiger partial charge in [0, 0.05) is 54.9 Å². The fraction of sp³-hybridized carbons (Fsp3) is 0.364. The lowest BCUT2D eigenvalue weighted by Crippen LogP contribution is -2.54. The number of piperidine rings is 1. The van der Waals surface area contributed by atoms with E-state index >= 15 is 0 Å². The van der Waals surface area contributed by atoms with Gasteiger partial charge in [0.1, 0.15) is 23.1 Å². The van der Waals surface area contributed by atoms with Crippen LogP contribution in [0.2, 0.25) is 0 Å². The van der Waals surface area contributed by atoms with Gasteiger partial charge in [-0.2, -0.15) is 0 Å². The highest BCUT2D eigenvalue weighted by Crippen LogP contribution is 2.39. The lowest BCUT2D eigenvalue weighted by Gasteiger charge is -2.34. The van der Waals surface area contributed by atoms with Gasteiger partial charge in [0.15, 0.2) is 5.58 Å². The molecule has 0 bridgehead atoms. The van der Waals surface area contributed by atoms with E-state index in [9.17, 15) is 9.90 Å². The molecule has 2 aliphatic rings. The maximum Gasteiger partial charge on any atom is 0.251 e. The van der Waals surface area contributed by atoms with Crippen molar-refractivity contribution in [2.75, 3.05) is 33.4 Å². The number of likely N-dealkylation sites (tertiary alicyclic amines) is 1. The highest BCUT2D eigenvalue weighted by molar-refractivity contribution is 5.96. The number of furan rings is 1. The summed E-state index contributed by atoms with van der Waals surface area (Å²) in [7, 11) is 1.99. The number of hydrogen-bond acceptors (Lipinski definition) is 7. The topological polar surface area (TPSA) is 101 Å². The second-order valence-corrected chi connectivity index (χ2v) is 11.1. The average molecular weight is 567 g/mol. The van der Waals surface area contributed by atoms with Gasteiger partial charge < -0.3 is 29.2 Å². The van der Waals surface area contributed by atoms with Crippen molar-refractivity contribution < 1.29 is 23.8 Å². The predicted molar refractivity (Wildman–Crippen MR) is 160 cm³/mol. The SMILES string of the molecule is [C-]#[N+]c1cc(-c2ccnc3cc(-c4ccc(C(=O)NC5CN(C)CCC5O)cc4C)oc23)ccc1OC1CCOCC1. The molecule has 2 aromatic heterocycles. The number of benzene rings is 2. The van der Waals surface area contributed by atoms with Crippen LogP contribution in [0.3, 0.4) is 0 Å². The number of fused-ring (bicyclic) bond motifs is 1. The summed E-state index contributed by atoms with van der Waals surface area (Å²) in [4.78, 5) is 23.3. The number of amides is 1. The van der Waals surface area contributed by atoms with Crippen LogP contribution >= 0.6 is 0 Å². The average Bonchev–Trinajstić information content (AvgIpc) is 3.44. The van der Waals surface area contributed by atoms with Gasteiger partial charge in [0.05, 0.1) is 31.9 Å². The lowest BCUT2D eigenvalue weighted by molar-refractivity contribution is 0.0259. The molecule has 2 N–H and O–H groups in total. The Morgan fingerprint density at radius 1 is 1.12 bits per heavy atom. The largest absolute Gasteiger partial charge is 0.501 e. The zero-order chi connectivity index (χ0) is 29.2. The van der Waals surface area contributed by atoms with E-state index in [2.05, 4.69) is 20.0 Å². The van der Waals surface area contributed by atoms with Crippen molar-refractivity contribution in [1.29, 1.82) is 0 Å². The Hall–Kier alpha value is -4.23. The number of aryl methyl sites for hydroxylation is 1. The minimum atomic E-state index is -0.552. The number of rotatable bonds is 6. The summed E-state index contributed by atoms with van der Waals surface area (Å²) in [5, 5.41) is 13.3. The molecule has 4 heterocycles. The van der Waals surface area contributed by atoms with Gasteiger partial charge >= 0.3 is 0 Å². The minimum Gasteiger partial charge on any atom is -0.501 e. The van der Waals surface area contributed by atoms with Gasteiger partial charge in [-0.3, -0.25) is 9.78 Å². The van der Waals surface area contributed by atoms with Crippen molar-refractivity contribution >= 4 is 22.7 Å². The summed E-state index contributed by atoms with van der Waals surface area (Å²) in [6.45, 7) is 12.4. The van der Waals surface area contributed by atoms with Crippen LogP contribution in [0.15, 0.2) is 59.1 Å². The van der Waals surface area contributed by atoms with Crippen molar-refractivity contribution in [2.45, 2.75) is 44.4 Å². The van der Waals surface area contributed by atoms with E-state index in [1.165, 1.54) is 0 Å². The molecule has 2 unspecified atom stereocenters. The molecule has 2 saturated heterocycles. The Bertz CT molecular complexity index is 1650. The van der Waals surface area contributed by atoms with Gasteiger partial charge in [0.25, 0.3) is 5.91 Å². The van der Waals surface area contributed by atoms with E-state index in [4.69, 9.17) is 20.5 Å². The van der Waals surface area contributed by atoms with Crippen LogP contribution in [0.1, 0.15) is 35.2 Å². The van der Waals surface area contributed by atoms with Gasteiger partial charge in [-0.1, -0.05) is 12.1 Å². The number of carbonyl (C=O) groups is 1. The third kappa shape index (κ3) is 5.74. The molecule has 42 heavy (non-hydrogen) atoms. The fourth-order valence-corrected chi connectivity index (χ4v) is 5.72. The smallest absolute Gasteiger partial charge is 0.251 e. The number of nitrogens with one attached hydrogen (secondary N) is 1. The fourth-order valence-electron chi connectivity index (χ4n) is 5.72. The van der Waals surface area contributed by atoms with Crippen molar-refractivity contribution in [1.82, 2.24) is 15.2 Å². The van der Waals surface area contributed by atoms with Gasteiger partial charge in [-0.15, -0.1) is 0 Å². The predicted octanol–water partition coefficient (Wildman–Crippen LogP) is 5.37. The van der Waals surface area contributed by atoms with Crippen molar-refractivity contribution in [2.24, 2.45) is 0 Å².